The third-order valence-corrected chi connectivity index (χ3v) is 4.18. The van der Waals surface area contributed by atoms with Crippen LogP contribution in [0.1, 0.15) is 28.4 Å². The number of carbonyl (C=O) groups is 3. The molecule has 2 aromatic carbocycles. The molecule has 0 fully saturated rings. The van der Waals surface area contributed by atoms with Crippen LogP contribution in [0, 0.1) is 0 Å². The number of nitrogens with one attached hydrogen (secondary N) is 2. The summed E-state index contributed by atoms with van der Waals surface area (Å²) in [5, 5.41) is 5.31. The van der Waals surface area contributed by atoms with Gasteiger partial charge in [0, 0.05) is 10.0 Å². The SMILES string of the molecule is COC(=O)CC(NC(=O)CNC(=O)c1ccc(Br)cc1)c1ccccc1. The largest absolute Gasteiger partial charge is 0.469 e. The van der Waals surface area contributed by atoms with Crippen molar-refractivity contribution >= 4 is 33.7 Å². The molecule has 6 nitrogen and oxygen atoms in total. The predicted octanol–water partition coefficient (Wildman–Crippen LogP) is 2.60. The lowest BCUT2D eigenvalue weighted by Gasteiger charge is -2.18. The van der Waals surface area contributed by atoms with Crippen molar-refractivity contribution in [2.75, 3.05) is 13.7 Å². The van der Waals surface area contributed by atoms with E-state index < -0.39 is 17.9 Å². The highest BCUT2D eigenvalue weighted by atomic mass is 79.9. The summed E-state index contributed by atoms with van der Waals surface area (Å²) in [6.45, 7) is -0.195. The fourth-order valence-electron chi connectivity index (χ4n) is 2.30. The van der Waals surface area contributed by atoms with Gasteiger partial charge >= 0.3 is 5.97 Å². The molecule has 1 atom stereocenters. The Balaban J connectivity index is 1.95. The van der Waals surface area contributed by atoms with E-state index in [9.17, 15) is 14.4 Å². The molecule has 2 amide bonds. The van der Waals surface area contributed by atoms with Crippen LogP contribution in [-0.2, 0) is 14.3 Å². The van der Waals surface area contributed by atoms with Crippen LogP contribution in [0.25, 0.3) is 0 Å². The number of methoxy groups -OCH3 is 1. The van der Waals surface area contributed by atoms with Gasteiger partial charge in [-0.15, -0.1) is 0 Å². The van der Waals surface area contributed by atoms with Crippen LogP contribution < -0.4 is 10.6 Å². The Kier molecular flexibility index (Phi) is 7.35. The molecule has 0 bridgehead atoms. The highest BCUT2D eigenvalue weighted by Gasteiger charge is 2.19. The number of ether oxygens (including phenoxy) is 1. The Hall–Kier alpha value is -2.67. The van der Waals surface area contributed by atoms with E-state index >= 15 is 0 Å². The minimum Gasteiger partial charge on any atom is -0.469 e. The van der Waals surface area contributed by atoms with Crippen LogP contribution in [0.15, 0.2) is 59.1 Å². The standard InChI is InChI=1S/C19H19BrN2O4/c1-26-18(24)11-16(13-5-3-2-4-6-13)22-17(23)12-21-19(25)14-7-9-15(20)10-8-14/h2-10,16H,11-12H2,1H3,(H,21,25)(H,22,23). The Morgan fingerprint density at radius 2 is 1.69 bits per heavy atom. The van der Waals surface area contributed by atoms with Crippen LogP contribution in [0.2, 0.25) is 0 Å². The van der Waals surface area contributed by atoms with Gasteiger partial charge in [-0.1, -0.05) is 46.3 Å². The van der Waals surface area contributed by atoms with E-state index in [-0.39, 0.29) is 18.9 Å². The van der Waals surface area contributed by atoms with Crippen molar-refractivity contribution in [3.8, 4) is 0 Å². The maximum atomic E-state index is 12.2. The lowest BCUT2D eigenvalue weighted by atomic mass is 10.0. The van der Waals surface area contributed by atoms with Gasteiger partial charge in [0.15, 0.2) is 0 Å². The molecule has 0 aliphatic heterocycles. The number of halogens is 1. The molecule has 2 rings (SSSR count). The molecule has 136 valence electrons. The van der Waals surface area contributed by atoms with Gasteiger partial charge in [-0.3, -0.25) is 14.4 Å². The van der Waals surface area contributed by atoms with E-state index in [1.165, 1.54) is 7.11 Å². The number of rotatable bonds is 7. The molecular formula is C19H19BrN2O4. The van der Waals surface area contributed by atoms with Crippen LogP contribution in [-0.4, -0.2) is 31.4 Å². The molecule has 2 N–H and O–H groups in total. The number of carbonyl (C=O) groups excluding carboxylic acids is 3. The summed E-state index contributed by atoms with van der Waals surface area (Å²) in [6.07, 6.45) is 0.00686. The zero-order valence-corrected chi connectivity index (χ0v) is 15.8. The van der Waals surface area contributed by atoms with E-state index in [2.05, 4.69) is 31.3 Å². The molecule has 26 heavy (non-hydrogen) atoms. The molecule has 1 unspecified atom stereocenters. The maximum absolute atomic E-state index is 12.2. The normalized spacial score (nSPS) is 11.3. The summed E-state index contributed by atoms with van der Waals surface area (Å²) >= 11 is 3.30. The van der Waals surface area contributed by atoms with Crippen molar-refractivity contribution in [1.82, 2.24) is 10.6 Å². The Morgan fingerprint density at radius 3 is 2.31 bits per heavy atom. The molecule has 0 aliphatic rings. The summed E-state index contributed by atoms with van der Waals surface area (Å²) in [7, 11) is 1.30. The second-order valence-electron chi connectivity index (χ2n) is 5.50. The Bertz CT molecular complexity index is 763. The number of hydrogen-bond donors (Lipinski definition) is 2. The van der Waals surface area contributed by atoms with Crippen LogP contribution in [0.4, 0.5) is 0 Å². The zero-order chi connectivity index (χ0) is 18.9. The van der Waals surface area contributed by atoms with Gasteiger partial charge in [-0.05, 0) is 29.8 Å². The van der Waals surface area contributed by atoms with Gasteiger partial charge in [-0.25, -0.2) is 0 Å². The van der Waals surface area contributed by atoms with E-state index in [1.54, 1.807) is 24.3 Å². The summed E-state index contributed by atoms with van der Waals surface area (Å²) in [6, 6.07) is 15.4. The van der Waals surface area contributed by atoms with Crippen molar-refractivity contribution in [1.29, 1.82) is 0 Å². The monoisotopic (exact) mass is 418 g/mol. The van der Waals surface area contributed by atoms with Crippen LogP contribution in [0.3, 0.4) is 0 Å². The molecule has 0 aliphatic carbocycles. The highest BCUT2D eigenvalue weighted by molar-refractivity contribution is 9.10. The van der Waals surface area contributed by atoms with E-state index in [4.69, 9.17) is 0 Å². The van der Waals surface area contributed by atoms with Crippen molar-refractivity contribution in [2.45, 2.75) is 12.5 Å². The highest BCUT2D eigenvalue weighted by Crippen LogP contribution is 2.17. The molecule has 0 aromatic heterocycles. The van der Waals surface area contributed by atoms with Gasteiger partial charge in [0.2, 0.25) is 5.91 Å². The summed E-state index contributed by atoms with van der Waals surface area (Å²) in [5.41, 5.74) is 1.24. The van der Waals surface area contributed by atoms with Crippen molar-refractivity contribution in [2.24, 2.45) is 0 Å². The summed E-state index contributed by atoms with van der Waals surface area (Å²) < 4.78 is 5.55. The van der Waals surface area contributed by atoms with E-state index in [0.29, 0.717) is 5.56 Å². The first kappa shape index (κ1) is 19.7. The Labute approximate surface area is 160 Å². The average Bonchev–Trinajstić information content (AvgIpc) is 2.66. The van der Waals surface area contributed by atoms with E-state index in [1.807, 2.05) is 30.3 Å². The van der Waals surface area contributed by atoms with Crippen LogP contribution >= 0.6 is 15.9 Å². The first-order chi connectivity index (χ1) is 12.5. The van der Waals surface area contributed by atoms with Crippen molar-refractivity contribution in [3.05, 3.63) is 70.2 Å². The molecule has 2 aromatic rings. The summed E-state index contributed by atoms with van der Waals surface area (Å²) in [5.74, 6) is -1.18. The maximum Gasteiger partial charge on any atom is 0.307 e. The fraction of sp³-hybridized carbons (Fsp3) is 0.211. The molecule has 0 spiro atoms. The van der Waals surface area contributed by atoms with Crippen molar-refractivity contribution in [3.63, 3.8) is 0 Å². The minimum absolute atomic E-state index is 0.00686. The topological polar surface area (TPSA) is 84.5 Å². The summed E-state index contributed by atoms with van der Waals surface area (Å²) in [4.78, 5) is 35.9. The van der Waals surface area contributed by atoms with Crippen LogP contribution in [0.5, 0.6) is 0 Å². The first-order valence-electron chi connectivity index (χ1n) is 7.94. The molecule has 0 saturated carbocycles. The smallest absolute Gasteiger partial charge is 0.307 e. The number of benzene rings is 2. The lowest BCUT2D eigenvalue weighted by molar-refractivity contribution is -0.141. The number of hydrogen-bond acceptors (Lipinski definition) is 4. The average molecular weight is 419 g/mol. The molecule has 0 saturated heterocycles. The second-order valence-corrected chi connectivity index (χ2v) is 6.42. The lowest BCUT2D eigenvalue weighted by Crippen LogP contribution is -2.39. The van der Waals surface area contributed by atoms with Gasteiger partial charge in [0.05, 0.1) is 26.1 Å². The predicted molar refractivity (Wildman–Crippen MR) is 100 cm³/mol. The van der Waals surface area contributed by atoms with E-state index in [0.717, 1.165) is 10.0 Å². The fourth-order valence-corrected chi connectivity index (χ4v) is 2.56. The molecule has 0 radical (unpaired) electrons. The third kappa shape index (κ3) is 6.00. The van der Waals surface area contributed by atoms with Crippen molar-refractivity contribution < 1.29 is 19.1 Å². The third-order valence-electron chi connectivity index (χ3n) is 3.65. The van der Waals surface area contributed by atoms with Gasteiger partial charge in [0.1, 0.15) is 0 Å². The number of amides is 2. The zero-order valence-electron chi connectivity index (χ0n) is 14.2. The molecule has 0 heterocycles. The number of esters is 1. The second kappa shape index (κ2) is 9.72. The first-order valence-corrected chi connectivity index (χ1v) is 8.74. The molecule has 7 heteroatoms. The van der Waals surface area contributed by atoms with Gasteiger partial charge in [0.25, 0.3) is 5.91 Å². The minimum atomic E-state index is -0.527. The molecular weight excluding hydrogens is 400 g/mol. The Morgan fingerprint density at radius 1 is 1.04 bits per heavy atom. The van der Waals surface area contributed by atoms with Gasteiger partial charge < -0.3 is 15.4 Å². The van der Waals surface area contributed by atoms with Gasteiger partial charge in [-0.2, -0.15) is 0 Å². The quantitative estimate of drug-likeness (QED) is 0.676.